The van der Waals surface area contributed by atoms with Gasteiger partial charge in [0, 0.05) is 59.5 Å². The van der Waals surface area contributed by atoms with Gasteiger partial charge in [-0.1, -0.05) is 105 Å². The molecule has 0 unspecified atom stereocenters. The molecule has 1 aliphatic carbocycles. The minimum absolute atomic E-state index is 0.0493. The molecule has 0 fully saturated rings. The van der Waals surface area contributed by atoms with Gasteiger partial charge in [-0.25, -0.2) is 0 Å². The van der Waals surface area contributed by atoms with Gasteiger partial charge in [0.2, 0.25) is 0 Å². The zero-order valence-electron chi connectivity index (χ0n) is 28.9. The lowest BCUT2D eigenvalue weighted by Crippen LogP contribution is -2.15. The zero-order valence-corrected chi connectivity index (χ0v) is 29.7. The van der Waals surface area contributed by atoms with Gasteiger partial charge >= 0.3 is 0 Å². The van der Waals surface area contributed by atoms with Gasteiger partial charge in [0.15, 0.2) is 0 Å². The predicted molar refractivity (Wildman–Crippen MR) is 222 cm³/mol. The quantitative estimate of drug-likeness (QED) is 0.184. The van der Waals surface area contributed by atoms with E-state index in [0.29, 0.717) is 0 Å². The van der Waals surface area contributed by atoms with Crippen LogP contribution in [0, 0.1) is 0 Å². The molecule has 0 aliphatic heterocycles. The largest absolute Gasteiger partial charge is 0.456 e. The van der Waals surface area contributed by atoms with E-state index in [2.05, 4.69) is 170 Å². The second kappa shape index (κ2) is 10.9. The van der Waals surface area contributed by atoms with E-state index >= 15 is 0 Å². The van der Waals surface area contributed by atoms with E-state index in [9.17, 15) is 0 Å². The van der Waals surface area contributed by atoms with Crippen molar-refractivity contribution in [3.8, 4) is 22.3 Å². The van der Waals surface area contributed by atoms with Crippen LogP contribution >= 0.6 is 11.3 Å². The van der Waals surface area contributed by atoms with Crippen LogP contribution in [0.3, 0.4) is 0 Å². The summed E-state index contributed by atoms with van der Waals surface area (Å²) in [6.07, 6.45) is 0. The minimum Gasteiger partial charge on any atom is -0.456 e. The van der Waals surface area contributed by atoms with Crippen molar-refractivity contribution in [2.45, 2.75) is 19.3 Å². The Bertz CT molecular complexity index is 3050. The van der Waals surface area contributed by atoms with Crippen molar-refractivity contribution in [2.24, 2.45) is 0 Å². The molecule has 0 bridgehead atoms. The summed E-state index contributed by atoms with van der Waals surface area (Å²) in [6.45, 7) is 4.67. The molecule has 3 heteroatoms. The molecule has 11 rings (SSSR count). The number of thiophene rings is 1. The van der Waals surface area contributed by atoms with Gasteiger partial charge in [0.1, 0.15) is 11.2 Å². The predicted octanol–water partition coefficient (Wildman–Crippen LogP) is 14.6. The van der Waals surface area contributed by atoms with E-state index in [1.54, 1.807) is 0 Å². The first-order chi connectivity index (χ1) is 25.5. The SMILES string of the molecule is CC1(C)c2ccccc2-c2cc(N(c3ccc(-c4ccc5cc6sc7ccccc7c6cc5c4)cc3)c3ccc4c(c3)oc3ccccc34)ccc21. The third kappa shape index (κ3) is 4.36. The number of hydrogen-bond donors (Lipinski definition) is 0. The number of rotatable bonds is 4. The number of furan rings is 1. The highest BCUT2D eigenvalue weighted by Crippen LogP contribution is 2.51. The zero-order chi connectivity index (χ0) is 34.6. The van der Waals surface area contributed by atoms with Crippen LogP contribution in [-0.4, -0.2) is 0 Å². The molecular formula is C49H33NOS. The van der Waals surface area contributed by atoms with Crippen molar-refractivity contribution in [3.63, 3.8) is 0 Å². The fourth-order valence-corrected chi connectivity index (χ4v) is 9.74. The number of fused-ring (bicyclic) bond motifs is 10. The third-order valence-electron chi connectivity index (χ3n) is 11.2. The minimum atomic E-state index is -0.0493. The topological polar surface area (TPSA) is 16.4 Å². The van der Waals surface area contributed by atoms with Gasteiger partial charge in [-0.2, -0.15) is 0 Å². The summed E-state index contributed by atoms with van der Waals surface area (Å²) in [4.78, 5) is 2.36. The van der Waals surface area contributed by atoms with E-state index < -0.39 is 0 Å². The molecule has 1 aliphatic rings. The smallest absolute Gasteiger partial charge is 0.137 e. The van der Waals surface area contributed by atoms with Crippen LogP contribution < -0.4 is 4.90 Å². The van der Waals surface area contributed by atoms with Gasteiger partial charge in [-0.05, 0) is 111 Å². The van der Waals surface area contributed by atoms with E-state index in [4.69, 9.17) is 4.42 Å². The average molecular weight is 684 g/mol. The molecule has 52 heavy (non-hydrogen) atoms. The van der Waals surface area contributed by atoms with Gasteiger partial charge < -0.3 is 9.32 Å². The van der Waals surface area contributed by atoms with E-state index in [-0.39, 0.29) is 5.41 Å². The summed E-state index contributed by atoms with van der Waals surface area (Å²) in [6, 6.07) is 60.0. The Balaban J connectivity index is 1.04. The molecule has 246 valence electrons. The molecule has 0 spiro atoms. The maximum atomic E-state index is 6.39. The summed E-state index contributed by atoms with van der Waals surface area (Å²) >= 11 is 1.87. The number of hydrogen-bond acceptors (Lipinski definition) is 3. The van der Waals surface area contributed by atoms with Crippen molar-refractivity contribution >= 4 is 81.3 Å². The van der Waals surface area contributed by atoms with Crippen LogP contribution in [-0.2, 0) is 5.41 Å². The highest BCUT2D eigenvalue weighted by atomic mass is 32.1. The Morgan fingerprint density at radius 1 is 0.442 bits per heavy atom. The molecule has 0 atom stereocenters. The molecule has 0 saturated heterocycles. The molecule has 0 N–H and O–H groups in total. The van der Waals surface area contributed by atoms with Crippen molar-refractivity contribution in [1.29, 1.82) is 0 Å². The van der Waals surface area contributed by atoms with E-state index in [1.165, 1.54) is 64.3 Å². The Labute approximate surface area is 305 Å². The van der Waals surface area contributed by atoms with Crippen LogP contribution in [0.4, 0.5) is 17.1 Å². The summed E-state index contributed by atoms with van der Waals surface area (Å²) in [5.74, 6) is 0. The van der Waals surface area contributed by atoms with Gasteiger partial charge in [-0.3, -0.25) is 0 Å². The number of para-hydroxylation sites is 1. The number of anilines is 3. The molecule has 0 radical (unpaired) electrons. The lowest BCUT2D eigenvalue weighted by Gasteiger charge is -2.27. The van der Waals surface area contributed by atoms with Gasteiger partial charge in [0.25, 0.3) is 0 Å². The Hall–Kier alpha value is -6.16. The Kier molecular flexibility index (Phi) is 6.21. The first-order valence-electron chi connectivity index (χ1n) is 17.9. The van der Waals surface area contributed by atoms with Crippen molar-refractivity contribution < 1.29 is 4.42 Å². The van der Waals surface area contributed by atoms with E-state index in [1.807, 2.05) is 23.5 Å². The number of benzene rings is 8. The molecule has 2 aromatic heterocycles. The fourth-order valence-electron chi connectivity index (χ4n) is 8.60. The highest BCUT2D eigenvalue weighted by Gasteiger charge is 2.35. The van der Waals surface area contributed by atoms with Crippen molar-refractivity contribution in [1.82, 2.24) is 0 Å². The second-order valence-corrected chi connectivity index (χ2v) is 15.7. The number of nitrogens with zero attached hydrogens (tertiary/aromatic N) is 1. The molecule has 10 aromatic rings. The first-order valence-corrected chi connectivity index (χ1v) is 18.7. The highest BCUT2D eigenvalue weighted by molar-refractivity contribution is 7.25. The summed E-state index contributed by atoms with van der Waals surface area (Å²) in [5.41, 5.74) is 12.8. The monoisotopic (exact) mass is 683 g/mol. The van der Waals surface area contributed by atoms with Crippen LogP contribution in [0.1, 0.15) is 25.0 Å². The molecule has 0 saturated carbocycles. The van der Waals surface area contributed by atoms with Crippen LogP contribution in [0.2, 0.25) is 0 Å². The molecule has 8 aromatic carbocycles. The average Bonchev–Trinajstić information content (AvgIpc) is 3.81. The first kappa shape index (κ1) is 29.6. The normalized spacial score (nSPS) is 13.3. The molecular weight excluding hydrogens is 651 g/mol. The fraction of sp³-hybridized carbons (Fsp3) is 0.0612. The van der Waals surface area contributed by atoms with Crippen LogP contribution in [0.25, 0.3) is 75.1 Å². The Morgan fingerprint density at radius 2 is 1.13 bits per heavy atom. The standard InChI is InChI=1S/C49H33NOS/c1-49(2)43-12-6-3-9-37(43)41-28-35(22-24-44(41)49)50(36-21-23-39-38-10-4-7-13-45(38)51-46(39)29-36)34-19-17-30(18-20-34)31-15-16-32-27-48-42(26-33(32)25-31)40-11-5-8-14-47(40)52-48/h3-29H,1-2H3. The van der Waals surface area contributed by atoms with Crippen molar-refractivity contribution in [3.05, 3.63) is 175 Å². The molecule has 2 heterocycles. The van der Waals surface area contributed by atoms with Crippen LogP contribution in [0.15, 0.2) is 168 Å². The van der Waals surface area contributed by atoms with Gasteiger partial charge in [0.05, 0.1) is 0 Å². The maximum Gasteiger partial charge on any atom is 0.137 e. The lowest BCUT2D eigenvalue weighted by molar-refractivity contribution is 0.660. The van der Waals surface area contributed by atoms with Crippen LogP contribution in [0.5, 0.6) is 0 Å². The maximum absolute atomic E-state index is 6.39. The van der Waals surface area contributed by atoms with E-state index in [0.717, 1.165) is 39.0 Å². The molecule has 2 nitrogen and oxygen atoms in total. The summed E-state index contributed by atoms with van der Waals surface area (Å²) in [5, 5.41) is 7.47. The molecule has 0 amide bonds. The van der Waals surface area contributed by atoms with Crippen molar-refractivity contribution in [2.75, 3.05) is 4.90 Å². The summed E-state index contributed by atoms with van der Waals surface area (Å²) in [7, 11) is 0. The lowest BCUT2D eigenvalue weighted by atomic mass is 9.82. The Morgan fingerprint density at radius 3 is 2.04 bits per heavy atom. The third-order valence-corrected chi connectivity index (χ3v) is 12.4. The van der Waals surface area contributed by atoms with Gasteiger partial charge in [-0.15, -0.1) is 11.3 Å². The summed E-state index contributed by atoms with van der Waals surface area (Å²) < 4.78 is 9.07. The second-order valence-electron chi connectivity index (χ2n) is 14.6.